The smallest absolute Gasteiger partial charge is 0.322 e. The second-order valence-corrected chi connectivity index (χ2v) is 6.65. The summed E-state index contributed by atoms with van der Waals surface area (Å²) in [4.78, 5) is 37.2. The van der Waals surface area contributed by atoms with E-state index in [1.54, 1.807) is 17.0 Å². The number of halogens is 2. The highest BCUT2D eigenvalue weighted by molar-refractivity contribution is 9.10. The fourth-order valence-corrected chi connectivity index (χ4v) is 3.38. The summed E-state index contributed by atoms with van der Waals surface area (Å²) >= 11 is 3.10. The molecule has 1 aromatic carbocycles. The number of benzene rings is 1. The summed E-state index contributed by atoms with van der Waals surface area (Å²) in [6.07, 6.45) is 0.956. The van der Waals surface area contributed by atoms with E-state index in [0.717, 1.165) is 5.56 Å². The lowest BCUT2D eigenvalue weighted by molar-refractivity contribution is -0.135. The number of amides is 4. The van der Waals surface area contributed by atoms with Crippen LogP contribution in [0.25, 0.3) is 0 Å². The molecule has 4 amide bonds. The van der Waals surface area contributed by atoms with Crippen molar-refractivity contribution in [3.8, 4) is 0 Å². The van der Waals surface area contributed by atoms with E-state index in [4.69, 9.17) is 0 Å². The van der Waals surface area contributed by atoms with Crippen LogP contribution in [0.1, 0.15) is 18.4 Å². The number of likely N-dealkylation sites (tertiary alicyclic amines) is 1. The van der Waals surface area contributed by atoms with Gasteiger partial charge in [-0.05, 0) is 46.5 Å². The van der Waals surface area contributed by atoms with Crippen LogP contribution >= 0.6 is 15.9 Å². The number of imide groups is 1. The first-order valence-corrected chi connectivity index (χ1v) is 8.04. The van der Waals surface area contributed by atoms with Gasteiger partial charge in [0.05, 0.1) is 10.9 Å². The quantitative estimate of drug-likeness (QED) is 0.756. The molecule has 23 heavy (non-hydrogen) atoms. The van der Waals surface area contributed by atoms with E-state index in [1.165, 1.54) is 6.07 Å². The summed E-state index contributed by atoms with van der Waals surface area (Å²) in [5, 5.41) is 4.90. The first-order chi connectivity index (χ1) is 10.9. The van der Waals surface area contributed by atoms with Gasteiger partial charge in [0, 0.05) is 13.1 Å². The first kappa shape index (κ1) is 15.9. The third-order valence-electron chi connectivity index (χ3n) is 4.32. The van der Waals surface area contributed by atoms with Gasteiger partial charge in [-0.3, -0.25) is 14.9 Å². The molecule has 0 aliphatic carbocycles. The molecule has 2 heterocycles. The van der Waals surface area contributed by atoms with Gasteiger partial charge in [-0.1, -0.05) is 6.07 Å². The number of rotatable bonds is 2. The molecule has 2 fully saturated rings. The number of carbonyl (C=O) groups is 3. The third-order valence-corrected chi connectivity index (χ3v) is 4.93. The van der Waals surface area contributed by atoms with Crippen LogP contribution in [0.2, 0.25) is 0 Å². The van der Waals surface area contributed by atoms with Crippen molar-refractivity contribution in [2.45, 2.75) is 24.8 Å². The lowest BCUT2D eigenvalue weighted by Crippen LogP contribution is -2.55. The summed E-state index contributed by atoms with van der Waals surface area (Å²) in [6.45, 7) is 0.795. The fourth-order valence-electron chi connectivity index (χ4n) is 2.95. The van der Waals surface area contributed by atoms with Crippen molar-refractivity contribution in [3.05, 3.63) is 34.1 Å². The summed E-state index contributed by atoms with van der Waals surface area (Å²) in [5.41, 5.74) is -0.164. The van der Waals surface area contributed by atoms with Crippen LogP contribution in [0.4, 0.5) is 9.18 Å². The Bertz CT molecular complexity index is 687. The predicted molar refractivity (Wildman–Crippen MR) is 83.0 cm³/mol. The molecular formula is C15H15BrFN3O3. The van der Waals surface area contributed by atoms with Crippen LogP contribution in [0.3, 0.4) is 0 Å². The lowest BCUT2D eigenvalue weighted by Gasteiger charge is -2.37. The van der Waals surface area contributed by atoms with Gasteiger partial charge in [0.15, 0.2) is 0 Å². The third kappa shape index (κ3) is 3.08. The largest absolute Gasteiger partial charge is 0.342 e. The number of nitrogens with zero attached hydrogens (tertiary/aromatic N) is 1. The molecule has 0 unspecified atom stereocenters. The zero-order valence-corrected chi connectivity index (χ0v) is 13.8. The summed E-state index contributed by atoms with van der Waals surface area (Å²) < 4.78 is 13.5. The number of carbonyl (C=O) groups excluding carboxylic acids is 3. The average Bonchev–Trinajstić information content (AvgIpc) is 2.77. The molecule has 0 radical (unpaired) electrons. The van der Waals surface area contributed by atoms with Crippen molar-refractivity contribution in [2.75, 3.05) is 13.1 Å². The van der Waals surface area contributed by atoms with Crippen LogP contribution in [-0.2, 0) is 16.0 Å². The monoisotopic (exact) mass is 383 g/mol. The van der Waals surface area contributed by atoms with Gasteiger partial charge in [-0.2, -0.15) is 0 Å². The Balaban J connectivity index is 1.61. The van der Waals surface area contributed by atoms with Crippen molar-refractivity contribution in [3.63, 3.8) is 0 Å². The van der Waals surface area contributed by atoms with Crippen molar-refractivity contribution in [1.82, 2.24) is 15.5 Å². The molecule has 0 bridgehead atoms. The van der Waals surface area contributed by atoms with Crippen LogP contribution in [0.15, 0.2) is 22.7 Å². The summed E-state index contributed by atoms with van der Waals surface area (Å²) in [6, 6.07) is 4.00. The molecule has 2 N–H and O–H groups in total. The summed E-state index contributed by atoms with van der Waals surface area (Å²) in [5.74, 6) is -0.774. The second-order valence-electron chi connectivity index (χ2n) is 5.80. The molecule has 3 rings (SSSR count). The average molecular weight is 384 g/mol. The van der Waals surface area contributed by atoms with E-state index < -0.39 is 11.6 Å². The van der Waals surface area contributed by atoms with Crippen LogP contribution in [0.5, 0.6) is 0 Å². The van der Waals surface area contributed by atoms with Crippen LogP contribution in [0, 0.1) is 5.82 Å². The van der Waals surface area contributed by atoms with Gasteiger partial charge in [0.2, 0.25) is 5.91 Å². The Kier molecular flexibility index (Phi) is 4.09. The highest BCUT2D eigenvalue weighted by Crippen LogP contribution is 2.26. The van der Waals surface area contributed by atoms with E-state index in [2.05, 4.69) is 26.6 Å². The van der Waals surface area contributed by atoms with Gasteiger partial charge in [0.25, 0.3) is 5.91 Å². The minimum absolute atomic E-state index is 0.0805. The number of hydrogen-bond donors (Lipinski definition) is 2. The van der Waals surface area contributed by atoms with Crippen molar-refractivity contribution in [2.24, 2.45) is 0 Å². The van der Waals surface area contributed by atoms with Gasteiger partial charge in [-0.15, -0.1) is 0 Å². The Morgan fingerprint density at radius 2 is 2.00 bits per heavy atom. The SMILES string of the molecule is O=C1NC(=O)C2(CCN(C(=O)Cc3ccc(F)c(Br)c3)CC2)N1. The first-order valence-electron chi connectivity index (χ1n) is 7.25. The van der Waals surface area contributed by atoms with Crippen LogP contribution < -0.4 is 10.6 Å². The van der Waals surface area contributed by atoms with E-state index in [-0.39, 0.29) is 24.1 Å². The molecule has 0 saturated carbocycles. The zero-order chi connectivity index (χ0) is 16.6. The molecule has 1 spiro atoms. The number of piperidine rings is 1. The zero-order valence-electron chi connectivity index (χ0n) is 12.2. The van der Waals surface area contributed by atoms with Gasteiger partial charge in [0.1, 0.15) is 11.4 Å². The second kappa shape index (κ2) is 5.92. The Morgan fingerprint density at radius 1 is 1.30 bits per heavy atom. The maximum atomic E-state index is 13.2. The maximum absolute atomic E-state index is 13.2. The topological polar surface area (TPSA) is 78.5 Å². The van der Waals surface area contributed by atoms with E-state index in [9.17, 15) is 18.8 Å². The molecule has 122 valence electrons. The molecule has 2 aliphatic heterocycles. The molecule has 1 aromatic rings. The Hall–Kier alpha value is -1.96. The number of hydrogen-bond acceptors (Lipinski definition) is 3. The molecule has 2 aliphatic rings. The molecule has 2 saturated heterocycles. The fraction of sp³-hybridized carbons (Fsp3) is 0.400. The molecular weight excluding hydrogens is 369 g/mol. The van der Waals surface area contributed by atoms with Crippen molar-refractivity contribution < 1.29 is 18.8 Å². The predicted octanol–water partition coefficient (Wildman–Crippen LogP) is 1.33. The van der Waals surface area contributed by atoms with Gasteiger partial charge < -0.3 is 10.2 Å². The maximum Gasteiger partial charge on any atom is 0.322 e. The normalized spacial score (nSPS) is 19.7. The van der Waals surface area contributed by atoms with E-state index in [1.807, 2.05) is 0 Å². The Morgan fingerprint density at radius 3 is 2.57 bits per heavy atom. The summed E-state index contributed by atoms with van der Waals surface area (Å²) in [7, 11) is 0. The number of urea groups is 1. The molecule has 6 nitrogen and oxygen atoms in total. The van der Waals surface area contributed by atoms with Crippen molar-refractivity contribution in [1.29, 1.82) is 0 Å². The molecule has 8 heteroatoms. The van der Waals surface area contributed by atoms with Crippen molar-refractivity contribution >= 4 is 33.8 Å². The Labute approximate surface area is 140 Å². The lowest BCUT2D eigenvalue weighted by atomic mass is 9.87. The number of nitrogens with one attached hydrogen (secondary N) is 2. The van der Waals surface area contributed by atoms with Crippen LogP contribution in [-0.4, -0.2) is 41.4 Å². The minimum atomic E-state index is -0.882. The molecule has 0 aromatic heterocycles. The molecule has 0 atom stereocenters. The van der Waals surface area contributed by atoms with Gasteiger partial charge >= 0.3 is 6.03 Å². The standard InChI is InChI=1S/C15H15BrFN3O3/c16-10-7-9(1-2-11(10)17)8-12(21)20-5-3-15(4-6-20)13(22)18-14(23)19-15/h1-2,7H,3-6,8H2,(H2,18,19,22,23). The van der Waals surface area contributed by atoms with E-state index in [0.29, 0.717) is 30.4 Å². The highest BCUT2D eigenvalue weighted by Gasteiger charge is 2.48. The minimum Gasteiger partial charge on any atom is -0.342 e. The van der Waals surface area contributed by atoms with E-state index >= 15 is 0 Å². The highest BCUT2D eigenvalue weighted by atomic mass is 79.9. The van der Waals surface area contributed by atoms with Gasteiger partial charge in [-0.25, -0.2) is 9.18 Å².